The molecule has 0 saturated carbocycles. The van der Waals surface area contributed by atoms with Gasteiger partial charge < -0.3 is 9.47 Å². The van der Waals surface area contributed by atoms with Crippen LogP contribution in [0.4, 0.5) is 5.69 Å². The van der Waals surface area contributed by atoms with E-state index in [0.29, 0.717) is 13.0 Å². The van der Waals surface area contributed by atoms with Crippen LogP contribution < -0.4 is 4.90 Å². The minimum absolute atomic E-state index is 0.0978. The molecule has 0 bridgehead atoms. The zero-order chi connectivity index (χ0) is 21.2. The third-order valence-electron chi connectivity index (χ3n) is 6.30. The van der Waals surface area contributed by atoms with E-state index >= 15 is 0 Å². The molecule has 0 radical (unpaired) electrons. The van der Waals surface area contributed by atoms with Crippen LogP contribution in [0.25, 0.3) is 11.0 Å². The summed E-state index contributed by atoms with van der Waals surface area (Å²) >= 11 is 0. The normalized spacial score (nSPS) is 16.4. The van der Waals surface area contributed by atoms with Crippen molar-refractivity contribution in [3.8, 4) is 0 Å². The van der Waals surface area contributed by atoms with Gasteiger partial charge in [-0.3, -0.25) is 4.79 Å². The summed E-state index contributed by atoms with van der Waals surface area (Å²) < 4.78 is 2.33. The molecule has 4 nitrogen and oxygen atoms in total. The average Bonchev–Trinajstić information content (AvgIpc) is 3.38. The molecule has 4 heteroatoms. The highest BCUT2D eigenvalue weighted by Gasteiger charge is 2.35. The minimum atomic E-state index is 0.0978. The summed E-state index contributed by atoms with van der Waals surface area (Å²) in [6.45, 7) is 3.68. The summed E-state index contributed by atoms with van der Waals surface area (Å²) in [7, 11) is 0. The lowest BCUT2D eigenvalue weighted by Crippen LogP contribution is -2.25. The van der Waals surface area contributed by atoms with Crippen molar-refractivity contribution < 1.29 is 4.79 Å². The molecule has 0 unspecified atom stereocenters. The quantitative estimate of drug-likeness (QED) is 0.430. The number of anilines is 1. The van der Waals surface area contributed by atoms with E-state index in [4.69, 9.17) is 4.98 Å². The van der Waals surface area contributed by atoms with Crippen molar-refractivity contribution in [3.05, 3.63) is 95.8 Å². The van der Waals surface area contributed by atoms with Crippen molar-refractivity contribution in [1.29, 1.82) is 0 Å². The SMILES string of the molecule is CCc1ccccc1N1C[C@H](c2nc3ccccc3n2CCc2ccccc2)CC1=O. The first-order valence-electron chi connectivity index (χ1n) is 11.1. The molecule has 1 aromatic heterocycles. The van der Waals surface area contributed by atoms with Crippen LogP contribution in [-0.4, -0.2) is 22.0 Å². The van der Waals surface area contributed by atoms with Gasteiger partial charge in [-0.15, -0.1) is 0 Å². The van der Waals surface area contributed by atoms with Crippen molar-refractivity contribution in [3.63, 3.8) is 0 Å². The third kappa shape index (κ3) is 3.74. The van der Waals surface area contributed by atoms with E-state index in [-0.39, 0.29) is 11.8 Å². The summed E-state index contributed by atoms with van der Waals surface area (Å²) in [6.07, 6.45) is 2.37. The van der Waals surface area contributed by atoms with Gasteiger partial charge in [-0.25, -0.2) is 4.98 Å². The first kappa shape index (κ1) is 19.6. The van der Waals surface area contributed by atoms with E-state index in [2.05, 4.69) is 72.2 Å². The number of carbonyl (C=O) groups excluding carboxylic acids is 1. The molecule has 0 spiro atoms. The monoisotopic (exact) mass is 409 g/mol. The van der Waals surface area contributed by atoms with Crippen molar-refractivity contribution in [2.24, 2.45) is 0 Å². The van der Waals surface area contributed by atoms with Crippen LogP contribution in [-0.2, 0) is 24.2 Å². The Morgan fingerprint density at radius 1 is 0.935 bits per heavy atom. The summed E-state index contributed by atoms with van der Waals surface area (Å²) in [6, 6.07) is 27.1. The highest BCUT2D eigenvalue weighted by molar-refractivity contribution is 5.97. The third-order valence-corrected chi connectivity index (χ3v) is 6.30. The summed E-state index contributed by atoms with van der Waals surface area (Å²) in [5.74, 6) is 1.31. The smallest absolute Gasteiger partial charge is 0.227 e. The van der Waals surface area contributed by atoms with Crippen LogP contribution in [0, 0.1) is 0 Å². The van der Waals surface area contributed by atoms with Gasteiger partial charge in [0.15, 0.2) is 0 Å². The first-order valence-corrected chi connectivity index (χ1v) is 11.1. The first-order chi connectivity index (χ1) is 15.2. The van der Waals surface area contributed by atoms with Gasteiger partial charge in [-0.2, -0.15) is 0 Å². The van der Waals surface area contributed by atoms with Crippen LogP contribution in [0.5, 0.6) is 0 Å². The fourth-order valence-corrected chi connectivity index (χ4v) is 4.71. The van der Waals surface area contributed by atoms with Crippen molar-refractivity contribution in [2.45, 2.75) is 38.6 Å². The number of aryl methyl sites for hydroxylation is 3. The van der Waals surface area contributed by atoms with E-state index in [1.54, 1.807) is 0 Å². The number of nitrogens with zero attached hydrogens (tertiary/aromatic N) is 3. The van der Waals surface area contributed by atoms with Crippen LogP contribution in [0.2, 0.25) is 0 Å². The molecule has 156 valence electrons. The fourth-order valence-electron chi connectivity index (χ4n) is 4.71. The second kappa shape index (κ2) is 8.38. The molecule has 0 aliphatic carbocycles. The molecule has 1 fully saturated rings. The maximum Gasteiger partial charge on any atom is 0.227 e. The second-order valence-corrected chi connectivity index (χ2v) is 8.23. The number of hydrogen-bond acceptors (Lipinski definition) is 2. The van der Waals surface area contributed by atoms with Crippen molar-refractivity contribution >= 4 is 22.6 Å². The Kier molecular flexibility index (Phi) is 5.29. The zero-order valence-electron chi connectivity index (χ0n) is 17.9. The Morgan fingerprint density at radius 2 is 1.68 bits per heavy atom. The molecular formula is C27H27N3O. The standard InChI is InChI=1S/C27H27N3O/c1-2-21-12-6-8-14-24(21)30-19-22(18-26(30)31)27-28-23-13-7-9-15-25(23)29(27)17-16-20-10-4-3-5-11-20/h3-15,22H,2,16-19H2,1H3/t22-/m1/s1. The predicted molar refractivity (Wildman–Crippen MR) is 125 cm³/mol. The van der Waals surface area contributed by atoms with Crippen LogP contribution in [0.15, 0.2) is 78.9 Å². The predicted octanol–water partition coefficient (Wildman–Crippen LogP) is 5.36. The van der Waals surface area contributed by atoms with E-state index < -0.39 is 0 Å². The molecular weight excluding hydrogens is 382 g/mol. The van der Waals surface area contributed by atoms with Gasteiger partial charge in [0.1, 0.15) is 5.82 Å². The molecule has 1 aliphatic rings. The van der Waals surface area contributed by atoms with E-state index in [9.17, 15) is 4.79 Å². The summed E-state index contributed by atoms with van der Waals surface area (Å²) in [5, 5.41) is 0. The van der Waals surface area contributed by atoms with Gasteiger partial charge in [-0.05, 0) is 42.2 Å². The van der Waals surface area contributed by atoms with Crippen molar-refractivity contribution in [2.75, 3.05) is 11.4 Å². The van der Waals surface area contributed by atoms with Gasteiger partial charge in [0.2, 0.25) is 5.91 Å². The number of rotatable bonds is 6. The molecule has 1 saturated heterocycles. The molecule has 2 heterocycles. The highest BCUT2D eigenvalue weighted by Crippen LogP contribution is 2.34. The number of hydrogen-bond donors (Lipinski definition) is 0. The largest absolute Gasteiger partial charge is 0.327 e. The molecule has 1 amide bonds. The molecule has 1 atom stereocenters. The second-order valence-electron chi connectivity index (χ2n) is 8.23. The molecule has 4 aromatic rings. The topological polar surface area (TPSA) is 38.1 Å². The Labute approximate surface area is 183 Å². The number of imidazole rings is 1. The zero-order valence-corrected chi connectivity index (χ0v) is 17.9. The molecule has 3 aromatic carbocycles. The maximum absolute atomic E-state index is 13.0. The average molecular weight is 410 g/mol. The summed E-state index contributed by atoms with van der Waals surface area (Å²) in [4.78, 5) is 20.0. The van der Waals surface area contributed by atoms with Gasteiger partial charge in [-0.1, -0.05) is 67.6 Å². The van der Waals surface area contributed by atoms with Crippen LogP contribution in [0.3, 0.4) is 0 Å². The fraction of sp³-hybridized carbons (Fsp3) is 0.259. The van der Waals surface area contributed by atoms with E-state index in [1.165, 1.54) is 11.1 Å². The van der Waals surface area contributed by atoms with Crippen LogP contribution in [0.1, 0.15) is 36.2 Å². The van der Waals surface area contributed by atoms with E-state index in [1.807, 2.05) is 23.1 Å². The number of benzene rings is 3. The number of amides is 1. The number of aromatic nitrogens is 2. The number of para-hydroxylation sites is 3. The van der Waals surface area contributed by atoms with Gasteiger partial charge in [0.05, 0.1) is 11.0 Å². The Bertz CT molecular complexity index is 1210. The van der Waals surface area contributed by atoms with Gasteiger partial charge >= 0.3 is 0 Å². The molecule has 0 N–H and O–H groups in total. The maximum atomic E-state index is 13.0. The lowest BCUT2D eigenvalue weighted by molar-refractivity contribution is -0.117. The Morgan fingerprint density at radius 3 is 2.52 bits per heavy atom. The summed E-state index contributed by atoms with van der Waals surface area (Å²) in [5.41, 5.74) is 5.73. The Hall–Kier alpha value is -3.40. The minimum Gasteiger partial charge on any atom is -0.327 e. The van der Waals surface area contributed by atoms with Gasteiger partial charge in [0, 0.05) is 31.1 Å². The highest BCUT2D eigenvalue weighted by atomic mass is 16.2. The van der Waals surface area contributed by atoms with Crippen LogP contribution >= 0.6 is 0 Å². The lowest BCUT2D eigenvalue weighted by Gasteiger charge is -2.20. The van der Waals surface area contributed by atoms with E-state index in [0.717, 1.165) is 41.9 Å². The van der Waals surface area contributed by atoms with Crippen molar-refractivity contribution in [1.82, 2.24) is 9.55 Å². The Balaban J connectivity index is 1.48. The number of fused-ring (bicyclic) bond motifs is 1. The molecule has 31 heavy (non-hydrogen) atoms. The lowest BCUT2D eigenvalue weighted by atomic mass is 10.1. The molecule has 1 aliphatic heterocycles. The van der Waals surface area contributed by atoms with Gasteiger partial charge in [0.25, 0.3) is 0 Å². The number of carbonyl (C=O) groups is 1. The molecule has 5 rings (SSSR count).